The lowest BCUT2D eigenvalue weighted by Crippen LogP contribution is -2.46. The van der Waals surface area contributed by atoms with Crippen LogP contribution in [0.15, 0.2) is 30.3 Å². The van der Waals surface area contributed by atoms with E-state index in [-0.39, 0.29) is 17.6 Å². The summed E-state index contributed by atoms with van der Waals surface area (Å²) in [7, 11) is -0.597. The van der Waals surface area contributed by atoms with Crippen molar-refractivity contribution in [2.45, 2.75) is 58.0 Å². The van der Waals surface area contributed by atoms with E-state index >= 15 is 0 Å². The van der Waals surface area contributed by atoms with E-state index in [1.54, 1.807) is 0 Å². The van der Waals surface area contributed by atoms with Crippen LogP contribution in [0.5, 0.6) is 0 Å². The number of ether oxygens (including phenoxy) is 2. The fourth-order valence-electron chi connectivity index (χ4n) is 2.11. The predicted molar refractivity (Wildman–Crippen MR) is 108 cm³/mol. The van der Waals surface area contributed by atoms with Crippen molar-refractivity contribution in [2.24, 2.45) is 0 Å². The first-order chi connectivity index (χ1) is 12.6. The van der Waals surface area contributed by atoms with E-state index in [0.717, 1.165) is 5.56 Å². The Bertz CT molecular complexity index is 598. The van der Waals surface area contributed by atoms with Crippen molar-refractivity contribution in [1.29, 1.82) is 0 Å². The standard InChI is InChI=1S/C20H33NO5Si/c1-20(2,3)27(5,6)26-13-12-17(19(23)24-4)21-18(22)15-25-14-16-10-8-7-9-11-16/h7-11,17H,12-15H2,1-6H3,(H,21,22)/t17-/m1/s1. The van der Waals surface area contributed by atoms with Gasteiger partial charge in [-0.3, -0.25) is 4.79 Å². The molecule has 0 aliphatic heterocycles. The summed E-state index contributed by atoms with van der Waals surface area (Å²) in [5.74, 6) is -0.834. The number of carbonyl (C=O) groups excluding carboxylic acids is 2. The lowest BCUT2D eigenvalue weighted by Gasteiger charge is -2.36. The minimum Gasteiger partial charge on any atom is -0.467 e. The number of hydrogen-bond donors (Lipinski definition) is 1. The van der Waals surface area contributed by atoms with Gasteiger partial charge in [0.25, 0.3) is 0 Å². The molecular weight excluding hydrogens is 362 g/mol. The fourth-order valence-corrected chi connectivity index (χ4v) is 3.17. The highest BCUT2D eigenvalue weighted by molar-refractivity contribution is 6.74. The summed E-state index contributed by atoms with van der Waals surface area (Å²) in [5.41, 5.74) is 0.984. The number of rotatable bonds is 10. The second kappa shape index (κ2) is 10.6. The molecule has 0 heterocycles. The maximum absolute atomic E-state index is 12.1. The zero-order valence-corrected chi connectivity index (χ0v) is 18.3. The second-order valence-electron chi connectivity index (χ2n) is 8.02. The van der Waals surface area contributed by atoms with Crippen molar-refractivity contribution in [3.05, 3.63) is 35.9 Å². The monoisotopic (exact) mass is 395 g/mol. The Morgan fingerprint density at radius 2 is 1.78 bits per heavy atom. The second-order valence-corrected chi connectivity index (χ2v) is 12.8. The van der Waals surface area contributed by atoms with Gasteiger partial charge in [0.05, 0.1) is 13.7 Å². The van der Waals surface area contributed by atoms with Crippen molar-refractivity contribution in [2.75, 3.05) is 20.3 Å². The van der Waals surface area contributed by atoms with E-state index in [0.29, 0.717) is 19.6 Å². The number of nitrogens with one attached hydrogen (secondary N) is 1. The Morgan fingerprint density at radius 3 is 2.33 bits per heavy atom. The Balaban J connectivity index is 2.47. The molecule has 0 saturated heterocycles. The molecule has 1 rings (SSSR count). The first-order valence-corrected chi connectivity index (χ1v) is 12.1. The fraction of sp³-hybridized carbons (Fsp3) is 0.600. The molecule has 1 atom stereocenters. The average molecular weight is 396 g/mol. The third kappa shape index (κ3) is 8.24. The minimum absolute atomic E-state index is 0.0856. The van der Waals surface area contributed by atoms with Crippen molar-refractivity contribution in [3.8, 4) is 0 Å². The molecule has 0 spiro atoms. The first-order valence-electron chi connectivity index (χ1n) is 9.19. The van der Waals surface area contributed by atoms with Gasteiger partial charge in [-0.25, -0.2) is 4.79 Å². The molecule has 27 heavy (non-hydrogen) atoms. The van der Waals surface area contributed by atoms with Crippen LogP contribution in [0.2, 0.25) is 18.1 Å². The third-order valence-electron chi connectivity index (χ3n) is 4.84. The number of amides is 1. The molecule has 1 N–H and O–H groups in total. The van der Waals surface area contributed by atoms with Gasteiger partial charge in [-0.2, -0.15) is 0 Å². The van der Waals surface area contributed by atoms with E-state index in [9.17, 15) is 9.59 Å². The molecule has 6 nitrogen and oxygen atoms in total. The van der Waals surface area contributed by atoms with Crippen LogP contribution in [0.25, 0.3) is 0 Å². The van der Waals surface area contributed by atoms with Gasteiger partial charge in [0.15, 0.2) is 8.32 Å². The van der Waals surface area contributed by atoms with E-state index in [1.165, 1.54) is 7.11 Å². The minimum atomic E-state index is -1.90. The topological polar surface area (TPSA) is 73.9 Å². The van der Waals surface area contributed by atoms with Gasteiger partial charge in [0, 0.05) is 13.0 Å². The highest BCUT2D eigenvalue weighted by Gasteiger charge is 2.37. The van der Waals surface area contributed by atoms with Crippen LogP contribution < -0.4 is 5.32 Å². The summed E-state index contributed by atoms with van der Waals surface area (Å²) in [6.45, 7) is 11.4. The Hall–Kier alpha value is -1.70. The number of esters is 1. The maximum Gasteiger partial charge on any atom is 0.328 e. The number of carbonyl (C=O) groups is 2. The van der Waals surface area contributed by atoms with Crippen LogP contribution in [-0.2, 0) is 30.1 Å². The van der Waals surface area contributed by atoms with Crippen LogP contribution >= 0.6 is 0 Å². The van der Waals surface area contributed by atoms with E-state index < -0.39 is 20.3 Å². The molecule has 152 valence electrons. The number of methoxy groups -OCH3 is 1. The number of hydrogen-bond acceptors (Lipinski definition) is 5. The molecule has 0 bridgehead atoms. The summed E-state index contributed by atoms with van der Waals surface area (Å²) >= 11 is 0. The van der Waals surface area contributed by atoms with Gasteiger partial charge in [0.2, 0.25) is 5.91 Å². The Kier molecular flexibility index (Phi) is 9.15. The van der Waals surface area contributed by atoms with Gasteiger partial charge in [-0.15, -0.1) is 0 Å². The molecule has 7 heteroatoms. The lowest BCUT2D eigenvalue weighted by atomic mass is 10.2. The smallest absolute Gasteiger partial charge is 0.328 e. The molecule has 1 aromatic carbocycles. The normalized spacial score (nSPS) is 13.1. The predicted octanol–water partition coefficient (Wildman–Crippen LogP) is 3.27. The van der Waals surface area contributed by atoms with Crippen molar-refractivity contribution < 1.29 is 23.5 Å². The van der Waals surface area contributed by atoms with Crippen molar-refractivity contribution in [3.63, 3.8) is 0 Å². The molecule has 0 aliphatic carbocycles. The Labute approximate surface area is 163 Å². The maximum atomic E-state index is 12.1. The zero-order valence-electron chi connectivity index (χ0n) is 17.3. The average Bonchev–Trinajstić information content (AvgIpc) is 2.60. The number of benzene rings is 1. The van der Waals surface area contributed by atoms with E-state index in [2.05, 4.69) is 39.2 Å². The van der Waals surface area contributed by atoms with Gasteiger partial charge >= 0.3 is 5.97 Å². The molecule has 0 saturated carbocycles. The molecule has 1 amide bonds. The third-order valence-corrected chi connectivity index (χ3v) is 9.38. The lowest BCUT2D eigenvalue weighted by molar-refractivity contribution is -0.146. The molecule has 0 aliphatic rings. The molecule has 0 aromatic heterocycles. The summed E-state index contributed by atoms with van der Waals surface area (Å²) in [6, 6.07) is 8.85. The van der Waals surface area contributed by atoms with Crippen molar-refractivity contribution in [1.82, 2.24) is 5.32 Å². The van der Waals surface area contributed by atoms with E-state index in [1.807, 2.05) is 30.3 Å². The highest BCUT2D eigenvalue weighted by atomic mass is 28.4. The van der Waals surface area contributed by atoms with Crippen LogP contribution in [0.3, 0.4) is 0 Å². The molecule has 0 radical (unpaired) electrons. The van der Waals surface area contributed by atoms with Gasteiger partial charge in [-0.05, 0) is 23.7 Å². The van der Waals surface area contributed by atoms with Crippen LogP contribution in [0.4, 0.5) is 0 Å². The van der Waals surface area contributed by atoms with Crippen molar-refractivity contribution >= 4 is 20.2 Å². The summed E-state index contributed by atoms with van der Waals surface area (Å²) in [5, 5.41) is 2.76. The summed E-state index contributed by atoms with van der Waals surface area (Å²) < 4.78 is 16.3. The van der Waals surface area contributed by atoms with Gasteiger partial charge in [0.1, 0.15) is 12.6 Å². The molecule has 1 aromatic rings. The molecule has 0 unspecified atom stereocenters. The molecular formula is C20H33NO5Si. The van der Waals surface area contributed by atoms with Gasteiger partial charge < -0.3 is 19.2 Å². The highest BCUT2D eigenvalue weighted by Crippen LogP contribution is 2.36. The zero-order chi connectivity index (χ0) is 20.5. The van der Waals surface area contributed by atoms with Crippen LogP contribution in [0, 0.1) is 0 Å². The SMILES string of the molecule is COC(=O)[C@@H](CCO[Si](C)(C)C(C)(C)C)NC(=O)COCc1ccccc1. The van der Waals surface area contributed by atoms with Crippen LogP contribution in [0.1, 0.15) is 32.8 Å². The quantitative estimate of drug-likeness (QED) is 0.486. The van der Waals surface area contributed by atoms with Crippen LogP contribution in [-0.4, -0.2) is 46.6 Å². The first kappa shape index (κ1) is 23.3. The summed E-state index contributed by atoms with van der Waals surface area (Å²) in [4.78, 5) is 24.1. The van der Waals surface area contributed by atoms with Gasteiger partial charge in [-0.1, -0.05) is 51.1 Å². The Morgan fingerprint density at radius 1 is 1.15 bits per heavy atom. The summed E-state index contributed by atoms with van der Waals surface area (Å²) in [6.07, 6.45) is 0.365. The largest absolute Gasteiger partial charge is 0.467 e. The molecule has 0 fully saturated rings. The van der Waals surface area contributed by atoms with E-state index in [4.69, 9.17) is 13.9 Å².